The summed E-state index contributed by atoms with van der Waals surface area (Å²) in [5.74, 6) is 0.581. The normalized spacial score (nSPS) is 35.8. The van der Waals surface area contributed by atoms with Gasteiger partial charge in [-0.3, -0.25) is 9.59 Å². The maximum atomic E-state index is 13.3. The van der Waals surface area contributed by atoms with Crippen molar-refractivity contribution in [2.45, 2.75) is 49.5 Å². The first-order chi connectivity index (χ1) is 12.3. The van der Waals surface area contributed by atoms with Gasteiger partial charge in [0.15, 0.2) is 0 Å². The molecule has 0 spiro atoms. The molecule has 4 nitrogen and oxygen atoms in total. The highest BCUT2D eigenvalue weighted by Gasteiger charge is 2.61. The van der Waals surface area contributed by atoms with Gasteiger partial charge in [-0.1, -0.05) is 30.3 Å². The number of esters is 1. The standard InChI is InChI=1S/C21H26ClNO3/c1-23(2)18(24)17(16-6-4-3-5-7-16)26-19(25)20-9-14-8-15(10-20)12-21(22,11-14)13-20/h3-7,14-15,17H,8-13H2,1-2H3/t14-,15-,17+,20?,21?/m1/s1. The van der Waals surface area contributed by atoms with Gasteiger partial charge in [0.05, 0.1) is 5.41 Å². The van der Waals surface area contributed by atoms with Crippen molar-refractivity contribution in [2.24, 2.45) is 17.3 Å². The van der Waals surface area contributed by atoms with Crippen LogP contribution in [0.1, 0.15) is 50.2 Å². The van der Waals surface area contributed by atoms with Gasteiger partial charge < -0.3 is 9.64 Å². The summed E-state index contributed by atoms with van der Waals surface area (Å²) in [4.78, 5) is 27.2. The molecule has 26 heavy (non-hydrogen) atoms. The highest BCUT2D eigenvalue weighted by molar-refractivity contribution is 6.24. The van der Waals surface area contributed by atoms with Crippen LogP contribution in [0, 0.1) is 17.3 Å². The number of rotatable bonds is 4. The molecule has 0 radical (unpaired) electrons. The molecule has 0 aliphatic heterocycles. The zero-order valence-corrected chi connectivity index (χ0v) is 16.2. The summed E-state index contributed by atoms with van der Waals surface area (Å²) in [6.07, 6.45) is 4.71. The Bertz CT molecular complexity index is 703. The third-order valence-electron chi connectivity index (χ3n) is 6.41. The van der Waals surface area contributed by atoms with Gasteiger partial charge in [0.25, 0.3) is 5.91 Å². The van der Waals surface area contributed by atoms with Crippen LogP contribution in [0.5, 0.6) is 0 Å². The minimum absolute atomic E-state index is 0.213. The summed E-state index contributed by atoms with van der Waals surface area (Å²) in [5.41, 5.74) is 0.204. The molecule has 0 heterocycles. The Morgan fingerprint density at radius 3 is 2.27 bits per heavy atom. The highest BCUT2D eigenvalue weighted by atomic mass is 35.5. The lowest BCUT2D eigenvalue weighted by molar-refractivity contribution is -0.180. The molecule has 1 aromatic carbocycles. The lowest BCUT2D eigenvalue weighted by Gasteiger charge is -2.58. The number of carbonyl (C=O) groups is 2. The predicted octanol–water partition coefficient (Wildman–Crippen LogP) is 3.94. The van der Waals surface area contributed by atoms with Gasteiger partial charge in [0, 0.05) is 24.5 Å². The van der Waals surface area contributed by atoms with Crippen molar-refractivity contribution < 1.29 is 14.3 Å². The third-order valence-corrected chi connectivity index (χ3v) is 6.86. The van der Waals surface area contributed by atoms with Crippen molar-refractivity contribution in [3.63, 3.8) is 0 Å². The minimum atomic E-state index is -0.891. The Morgan fingerprint density at radius 1 is 1.12 bits per heavy atom. The molecule has 0 unspecified atom stereocenters. The predicted molar refractivity (Wildman–Crippen MR) is 99.7 cm³/mol. The maximum absolute atomic E-state index is 13.3. The lowest BCUT2D eigenvalue weighted by atomic mass is 9.49. The Hall–Kier alpha value is -1.55. The first-order valence-electron chi connectivity index (χ1n) is 9.46. The molecule has 4 bridgehead atoms. The van der Waals surface area contributed by atoms with Crippen molar-refractivity contribution in [2.75, 3.05) is 14.1 Å². The van der Waals surface area contributed by atoms with Gasteiger partial charge in [0.2, 0.25) is 6.10 Å². The van der Waals surface area contributed by atoms with Gasteiger partial charge in [-0.25, -0.2) is 0 Å². The van der Waals surface area contributed by atoms with E-state index in [0.29, 0.717) is 23.8 Å². The average Bonchev–Trinajstić information content (AvgIpc) is 2.57. The summed E-state index contributed by atoms with van der Waals surface area (Å²) in [6, 6.07) is 9.28. The van der Waals surface area contributed by atoms with E-state index >= 15 is 0 Å². The van der Waals surface area contributed by atoms with E-state index in [1.54, 1.807) is 14.1 Å². The van der Waals surface area contributed by atoms with E-state index in [2.05, 4.69) is 0 Å². The van der Waals surface area contributed by atoms with E-state index in [1.807, 2.05) is 30.3 Å². The summed E-state index contributed by atoms with van der Waals surface area (Å²) in [6.45, 7) is 0. The molecule has 1 amide bonds. The highest BCUT2D eigenvalue weighted by Crippen LogP contribution is 2.64. The monoisotopic (exact) mass is 375 g/mol. The Morgan fingerprint density at radius 2 is 1.73 bits per heavy atom. The van der Waals surface area contributed by atoms with Crippen molar-refractivity contribution in [1.82, 2.24) is 4.90 Å². The van der Waals surface area contributed by atoms with Crippen LogP contribution >= 0.6 is 11.6 Å². The second-order valence-electron chi connectivity index (χ2n) is 8.82. The number of nitrogens with zero attached hydrogens (tertiary/aromatic N) is 1. The van der Waals surface area contributed by atoms with E-state index in [0.717, 1.165) is 25.7 Å². The second kappa shape index (κ2) is 6.26. The Kier molecular flexibility index (Phi) is 4.30. The van der Waals surface area contributed by atoms with Crippen molar-refractivity contribution >= 4 is 23.5 Å². The molecule has 0 N–H and O–H groups in total. The SMILES string of the molecule is CN(C)C(=O)[C@@H](OC(=O)C12C[C@H]3C[C@@H](CC(Cl)(C3)C1)C2)c1ccccc1. The maximum Gasteiger partial charge on any atom is 0.313 e. The Balaban J connectivity index is 1.60. The second-order valence-corrected chi connectivity index (χ2v) is 9.62. The molecular weight excluding hydrogens is 350 g/mol. The number of alkyl halides is 1. The largest absolute Gasteiger partial charge is 0.447 e. The fourth-order valence-corrected chi connectivity index (χ4v) is 6.44. The van der Waals surface area contributed by atoms with Crippen LogP contribution in [-0.4, -0.2) is 35.7 Å². The minimum Gasteiger partial charge on any atom is -0.447 e. The number of ether oxygens (including phenoxy) is 1. The fraction of sp³-hybridized carbons (Fsp3) is 0.619. The van der Waals surface area contributed by atoms with Crippen LogP contribution in [0.25, 0.3) is 0 Å². The first-order valence-corrected chi connectivity index (χ1v) is 9.84. The molecule has 0 saturated heterocycles. The molecule has 5 heteroatoms. The summed E-state index contributed by atoms with van der Waals surface area (Å²) >= 11 is 6.85. The lowest BCUT2D eigenvalue weighted by Crippen LogP contribution is -2.56. The van der Waals surface area contributed by atoms with Crippen LogP contribution in [0.15, 0.2) is 30.3 Å². The average molecular weight is 376 g/mol. The molecule has 4 aliphatic carbocycles. The van der Waals surface area contributed by atoms with Crippen LogP contribution < -0.4 is 0 Å². The van der Waals surface area contributed by atoms with Gasteiger partial charge >= 0.3 is 5.97 Å². The number of benzene rings is 1. The van der Waals surface area contributed by atoms with Crippen LogP contribution in [0.4, 0.5) is 0 Å². The molecule has 4 saturated carbocycles. The topological polar surface area (TPSA) is 46.6 Å². The zero-order valence-electron chi connectivity index (χ0n) is 15.4. The summed E-state index contributed by atoms with van der Waals surface area (Å²) in [5, 5.41) is 0. The molecule has 4 aliphatic rings. The van der Waals surface area contributed by atoms with E-state index in [4.69, 9.17) is 16.3 Å². The number of likely N-dealkylation sites (N-methyl/N-ethyl adjacent to an activating group) is 1. The number of halogens is 1. The van der Waals surface area contributed by atoms with Gasteiger partial charge in [-0.05, 0) is 50.4 Å². The van der Waals surface area contributed by atoms with Crippen molar-refractivity contribution in [1.29, 1.82) is 0 Å². The third kappa shape index (κ3) is 3.02. The molecule has 1 aromatic rings. The van der Waals surface area contributed by atoms with Crippen molar-refractivity contribution in [3.05, 3.63) is 35.9 Å². The van der Waals surface area contributed by atoms with E-state index in [1.165, 1.54) is 11.3 Å². The van der Waals surface area contributed by atoms with Gasteiger partial charge in [-0.15, -0.1) is 11.6 Å². The van der Waals surface area contributed by atoms with Crippen LogP contribution in [-0.2, 0) is 14.3 Å². The number of hydrogen-bond donors (Lipinski definition) is 0. The van der Waals surface area contributed by atoms with E-state index < -0.39 is 11.5 Å². The summed E-state index contributed by atoms with van der Waals surface area (Å²) < 4.78 is 5.90. The summed E-state index contributed by atoms with van der Waals surface area (Å²) in [7, 11) is 3.37. The number of amides is 1. The molecule has 4 fully saturated rings. The van der Waals surface area contributed by atoms with Gasteiger partial charge in [0.1, 0.15) is 0 Å². The Labute approximate surface area is 159 Å². The number of hydrogen-bond acceptors (Lipinski definition) is 3. The van der Waals surface area contributed by atoms with Crippen molar-refractivity contribution in [3.8, 4) is 0 Å². The molecule has 140 valence electrons. The molecule has 0 aromatic heterocycles. The van der Waals surface area contributed by atoms with Crippen LogP contribution in [0.2, 0.25) is 0 Å². The molecule has 3 atom stereocenters. The van der Waals surface area contributed by atoms with Gasteiger partial charge in [-0.2, -0.15) is 0 Å². The molecular formula is C21H26ClNO3. The quantitative estimate of drug-likeness (QED) is 0.591. The van der Waals surface area contributed by atoms with E-state index in [9.17, 15) is 9.59 Å². The fourth-order valence-electron chi connectivity index (χ4n) is 5.74. The molecule has 5 rings (SSSR count). The smallest absolute Gasteiger partial charge is 0.313 e. The van der Waals surface area contributed by atoms with Crippen LogP contribution in [0.3, 0.4) is 0 Å². The first kappa shape index (κ1) is 17.8. The number of carbonyl (C=O) groups excluding carboxylic acids is 2. The zero-order chi connectivity index (χ0) is 18.5. The van der Waals surface area contributed by atoms with E-state index in [-0.39, 0.29) is 16.8 Å².